The Labute approximate surface area is 335 Å². The zero-order valence-corrected chi connectivity index (χ0v) is 34.9. The molecular weight excluding hydrogens is 729 g/mol. The van der Waals surface area contributed by atoms with Crippen molar-refractivity contribution in [2.75, 3.05) is 45.7 Å². The first-order chi connectivity index (χ1) is 26.8. The normalized spacial score (nSPS) is 18.6. The second-order valence-electron chi connectivity index (χ2n) is 15.4. The van der Waals surface area contributed by atoms with Gasteiger partial charge in [0, 0.05) is 49.8 Å². The summed E-state index contributed by atoms with van der Waals surface area (Å²) in [7, 11) is 1.92. The van der Waals surface area contributed by atoms with Crippen LogP contribution in [0, 0.1) is 5.92 Å². The highest BCUT2D eigenvalue weighted by Crippen LogP contribution is 2.37. The Balaban J connectivity index is 1.41. The largest absolute Gasteiger partial charge is 0.376 e. The van der Waals surface area contributed by atoms with Crippen LogP contribution in [0.3, 0.4) is 0 Å². The van der Waals surface area contributed by atoms with Gasteiger partial charge in [-0.1, -0.05) is 68.0 Å². The molecule has 0 spiro atoms. The summed E-state index contributed by atoms with van der Waals surface area (Å²) in [5.41, 5.74) is 5.14. The average molecular weight is 791 g/mol. The van der Waals surface area contributed by atoms with Gasteiger partial charge in [-0.05, 0) is 87.3 Å². The number of likely N-dealkylation sites (tertiary alicyclic amines) is 1. The van der Waals surface area contributed by atoms with Gasteiger partial charge in [-0.3, -0.25) is 28.2 Å². The third-order valence-corrected chi connectivity index (χ3v) is 11.6. The molecule has 5 atom stereocenters. The Morgan fingerprint density at radius 2 is 1.66 bits per heavy atom. The Morgan fingerprint density at radius 3 is 2.27 bits per heavy atom. The van der Waals surface area contributed by atoms with Gasteiger partial charge >= 0.3 is 0 Å². The van der Waals surface area contributed by atoms with Gasteiger partial charge in [0.05, 0.1) is 30.6 Å². The lowest BCUT2D eigenvalue weighted by atomic mass is 9.88. The molecule has 0 aromatic heterocycles. The van der Waals surface area contributed by atoms with Crippen LogP contribution < -0.4 is 21.3 Å². The molecule has 13 heteroatoms. The minimum absolute atomic E-state index is 0.0475. The molecule has 5 unspecified atom stereocenters. The zero-order valence-electron chi connectivity index (χ0n) is 34.1. The highest BCUT2D eigenvalue weighted by Gasteiger charge is 2.38. The van der Waals surface area contributed by atoms with Gasteiger partial charge in [0.1, 0.15) is 12.1 Å². The fraction of sp³-hybridized carbons (Fsp3) is 0.558. The summed E-state index contributed by atoms with van der Waals surface area (Å²) >= 11 is 0. The molecule has 0 bridgehead atoms. The Morgan fingerprint density at radius 1 is 0.946 bits per heavy atom. The molecule has 1 aromatic rings. The first kappa shape index (κ1) is 44.2. The summed E-state index contributed by atoms with van der Waals surface area (Å²) in [6.45, 7) is 6.65. The van der Waals surface area contributed by atoms with Crippen molar-refractivity contribution in [2.45, 2.75) is 103 Å². The molecule has 0 radical (unpaired) electrons. The fourth-order valence-electron chi connectivity index (χ4n) is 6.85. The standard InChI is InChI=1S/C43H62N6O6S/c1-7-29(2)30(3)16-10-8-13-22-36(50)44-27-38(52)49-25-15-21-35(49)39(33-23-24-33)46-34(28-56(6)55)42(53)40(31-19-14-20-31)45-26-37(51)47-41(43(54)48(4)5)32-17-11-9-12-18-32/h8-12,16-18,29,34-35,41,45-46H,7,13-15,19-28H2,1-6H3,(H,44,50)(H,47,51)/b10-8-,30-16+. The molecule has 1 aliphatic heterocycles. The van der Waals surface area contributed by atoms with Gasteiger partial charge in [0.2, 0.25) is 29.4 Å². The highest BCUT2D eigenvalue weighted by atomic mass is 32.2. The molecule has 4 amide bonds. The number of hydrogen-bond acceptors (Lipinski definition) is 8. The number of amides is 4. The van der Waals surface area contributed by atoms with Crippen molar-refractivity contribution in [3.63, 3.8) is 0 Å². The molecule has 3 fully saturated rings. The predicted molar refractivity (Wildman–Crippen MR) is 221 cm³/mol. The van der Waals surface area contributed by atoms with E-state index >= 15 is 0 Å². The molecule has 4 rings (SSSR count). The van der Waals surface area contributed by atoms with Gasteiger partial charge in [0.25, 0.3) is 0 Å². The lowest BCUT2D eigenvalue weighted by molar-refractivity contribution is -0.134. The van der Waals surface area contributed by atoms with E-state index in [9.17, 15) is 28.2 Å². The van der Waals surface area contributed by atoms with Crippen molar-refractivity contribution in [1.29, 1.82) is 0 Å². The molecule has 4 N–H and O–H groups in total. The van der Waals surface area contributed by atoms with Gasteiger partial charge in [-0.25, -0.2) is 0 Å². The maximum absolute atomic E-state index is 14.4. The van der Waals surface area contributed by atoms with Gasteiger partial charge in [-0.2, -0.15) is 0 Å². The van der Waals surface area contributed by atoms with Crippen LogP contribution in [0.5, 0.6) is 0 Å². The Kier molecular flexibility index (Phi) is 17.1. The van der Waals surface area contributed by atoms with E-state index in [1.165, 1.54) is 10.5 Å². The molecule has 1 saturated heterocycles. The molecule has 3 aliphatic rings. The first-order valence-electron chi connectivity index (χ1n) is 20.0. The van der Waals surface area contributed by atoms with Crippen LogP contribution in [0.4, 0.5) is 0 Å². The molecular formula is C43H62N6O6S. The summed E-state index contributed by atoms with van der Waals surface area (Å²) in [5, 5.41) is 12.2. The van der Waals surface area contributed by atoms with Crippen molar-refractivity contribution in [3.8, 4) is 0 Å². The lowest BCUT2D eigenvalue weighted by Gasteiger charge is -2.31. The minimum Gasteiger partial charge on any atom is -0.376 e. The van der Waals surface area contributed by atoms with Crippen LogP contribution >= 0.6 is 0 Å². The number of benzene rings is 1. The van der Waals surface area contributed by atoms with E-state index < -0.39 is 28.8 Å². The minimum atomic E-state index is -1.34. The number of rotatable bonds is 21. The fourth-order valence-corrected chi connectivity index (χ4v) is 7.56. The second kappa shape index (κ2) is 21.7. The maximum atomic E-state index is 14.4. The van der Waals surface area contributed by atoms with E-state index in [0.717, 1.165) is 48.9 Å². The Bertz CT molecular complexity index is 1720. The van der Waals surface area contributed by atoms with Crippen LogP contribution in [0.2, 0.25) is 0 Å². The monoisotopic (exact) mass is 790 g/mol. The molecule has 2 saturated carbocycles. The van der Waals surface area contributed by atoms with Crippen LogP contribution in [0.15, 0.2) is 76.7 Å². The molecule has 2 aliphatic carbocycles. The van der Waals surface area contributed by atoms with Crippen LogP contribution in [-0.2, 0) is 34.8 Å². The van der Waals surface area contributed by atoms with Crippen molar-refractivity contribution in [2.24, 2.45) is 5.92 Å². The quantitative estimate of drug-likeness (QED) is 0.106. The van der Waals surface area contributed by atoms with E-state index in [1.807, 2.05) is 18.2 Å². The molecule has 1 aromatic carbocycles. The number of nitrogens with one attached hydrogen (secondary N) is 4. The lowest BCUT2D eigenvalue weighted by Crippen LogP contribution is -2.50. The van der Waals surface area contributed by atoms with Crippen LogP contribution in [0.25, 0.3) is 0 Å². The van der Waals surface area contributed by atoms with Crippen molar-refractivity contribution in [1.82, 2.24) is 31.1 Å². The average Bonchev–Trinajstić information content (AvgIpc) is 3.89. The van der Waals surface area contributed by atoms with Gasteiger partial charge in [0.15, 0.2) is 0 Å². The molecule has 306 valence electrons. The number of likely N-dealkylation sites (N-methyl/N-ethyl adjacent to an activating group) is 1. The van der Waals surface area contributed by atoms with E-state index in [0.29, 0.717) is 49.4 Å². The summed E-state index contributed by atoms with van der Waals surface area (Å²) in [4.78, 5) is 70.1. The number of Topliss-reactive ketones (excluding diaryl/α,β-unsaturated/α-hetero) is 1. The van der Waals surface area contributed by atoms with Crippen LogP contribution in [-0.4, -0.2) is 101 Å². The van der Waals surface area contributed by atoms with Gasteiger partial charge in [-0.15, -0.1) is 0 Å². The predicted octanol–water partition coefficient (Wildman–Crippen LogP) is 4.35. The highest BCUT2D eigenvalue weighted by molar-refractivity contribution is 7.84. The van der Waals surface area contributed by atoms with E-state index in [2.05, 4.69) is 48.1 Å². The molecule has 1 heterocycles. The first-order valence-corrected chi connectivity index (χ1v) is 21.8. The summed E-state index contributed by atoms with van der Waals surface area (Å²) in [6, 6.07) is 6.97. The summed E-state index contributed by atoms with van der Waals surface area (Å²) in [5.74, 6) is -0.816. The van der Waals surface area contributed by atoms with E-state index in [-0.39, 0.29) is 54.8 Å². The smallest absolute Gasteiger partial charge is 0.249 e. The number of allylic oxidation sites excluding steroid dienone is 6. The summed E-state index contributed by atoms with van der Waals surface area (Å²) in [6.07, 6.45) is 15.0. The third-order valence-electron chi connectivity index (χ3n) is 10.8. The number of ketones is 1. The SMILES string of the molecule is CCC(C)/C(C)=C/C=C\CCC(=O)NCC(=O)N1CCCC1C(NC(CS(C)=O)C(=O)C(NCC(=O)NC(C(=O)N(C)C)c1ccccc1)=C1CCC1)=C1CC1. The van der Waals surface area contributed by atoms with Crippen molar-refractivity contribution in [3.05, 3.63) is 82.2 Å². The maximum Gasteiger partial charge on any atom is 0.249 e. The number of carbonyl (C=O) groups excluding carboxylic acids is 5. The zero-order chi connectivity index (χ0) is 40.8. The van der Waals surface area contributed by atoms with E-state index in [1.54, 1.807) is 49.5 Å². The van der Waals surface area contributed by atoms with Crippen LogP contribution in [0.1, 0.15) is 96.6 Å². The van der Waals surface area contributed by atoms with Crippen molar-refractivity contribution >= 4 is 40.2 Å². The Hall–Kier alpha value is -4.52. The van der Waals surface area contributed by atoms with Gasteiger partial charge < -0.3 is 31.1 Å². The van der Waals surface area contributed by atoms with Crippen molar-refractivity contribution < 1.29 is 28.2 Å². The second-order valence-corrected chi connectivity index (χ2v) is 16.8. The number of nitrogens with zero attached hydrogens (tertiary/aromatic N) is 2. The third kappa shape index (κ3) is 13.0. The topological polar surface area (TPSA) is 157 Å². The molecule has 12 nitrogen and oxygen atoms in total. The van der Waals surface area contributed by atoms with E-state index in [4.69, 9.17) is 0 Å². The number of hydrogen-bond donors (Lipinski definition) is 4. The summed E-state index contributed by atoms with van der Waals surface area (Å²) < 4.78 is 12.7. The molecule has 56 heavy (non-hydrogen) atoms. The number of carbonyl (C=O) groups is 5.